The largest absolute Gasteiger partial charge is 0.370 e. The van der Waals surface area contributed by atoms with E-state index in [1.807, 2.05) is 32.4 Å². The van der Waals surface area contributed by atoms with Crippen LogP contribution in [0, 0.1) is 17.4 Å². The molecule has 0 atom stereocenters. The lowest BCUT2D eigenvalue weighted by molar-refractivity contribution is 0.919. The minimum absolute atomic E-state index is 0.825. The molecule has 6 nitrogen and oxygen atoms in total. The summed E-state index contributed by atoms with van der Waals surface area (Å²) >= 11 is 9.94. The molecular formula is C17H27I3N6S2. The van der Waals surface area contributed by atoms with Gasteiger partial charge in [0.2, 0.25) is 0 Å². The van der Waals surface area contributed by atoms with Crippen molar-refractivity contribution in [3.63, 3.8) is 0 Å². The SMILES string of the molecule is CCNc1cc(C)nc(SC)n1.CCNc1nc(SC)nc(C)c1I.ICI. The first kappa shape index (κ1) is 28.6. The second-order valence-corrected chi connectivity index (χ2v) is 12.1. The lowest BCUT2D eigenvalue weighted by Gasteiger charge is -2.08. The van der Waals surface area contributed by atoms with Crippen molar-refractivity contribution in [2.75, 3.05) is 38.7 Å². The fraction of sp³-hybridized carbons (Fsp3) is 0.529. The number of alkyl halides is 2. The van der Waals surface area contributed by atoms with Crippen LogP contribution in [0.3, 0.4) is 0 Å². The standard InChI is InChI=1S/C8H12IN3S.C8H13N3S.CH2I2/c1-4-10-7-6(9)5(2)11-8(12-7)13-3;1-4-9-7-5-6(2)10-8(11-7)12-3;2-1-3/h4H2,1-3H3,(H,10,11,12);5H,4H2,1-3H3,(H,9,10,11);1H2. The normalized spacial score (nSPS) is 9.61. The van der Waals surface area contributed by atoms with E-state index in [0.29, 0.717) is 0 Å². The Labute approximate surface area is 218 Å². The summed E-state index contributed by atoms with van der Waals surface area (Å²) in [6, 6.07) is 1.95. The lowest BCUT2D eigenvalue weighted by atomic mass is 10.4. The third kappa shape index (κ3) is 11.7. The molecule has 0 unspecified atom stereocenters. The molecule has 158 valence electrons. The summed E-state index contributed by atoms with van der Waals surface area (Å²) in [5.41, 5.74) is 2.04. The predicted octanol–water partition coefficient (Wildman–Crippen LogP) is 6.30. The first-order chi connectivity index (χ1) is 13.4. The molecule has 0 radical (unpaired) electrons. The molecule has 0 aliphatic carbocycles. The van der Waals surface area contributed by atoms with E-state index in [9.17, 15) is 0 Å². The first-order valence-electron chi connectivity index (χ1n) is 8.44. The van der Waals surface area contributed by atoms with Gasteiger partial charge in [-0.15, -0.1) is 0 Å². The van der Waals surface area contributed by atoms with Gasteiger partial charge in [0.15, 0.2) is 10.3 Å². The molecule has 11 heteroatoms. The highest BCUT2D eigenvalue weighted by Gasteiger charge is 2.07. The summed E-state index contributed by atoms with van der Waals surface area (Å²) < 4.78 is 2.30. The monoisotopic (exact) mass is 760 g/mol. The van der Waals surface area contributed by atoms with Crippen molar-refractivity contribution in [3.05, 3.63) is 21.0 Å². The molecule has 2 heterocycles. The summed E-state index contributed by atoms with van der Waals surface area (Å²) in [4.78, 5) is 17.2. The summed E-state index contributed by atoms with van der Waals surface area (Å²) in [6.45, 7) is 9.87. The van der Waals surface area contributed by atoms with Gasteiger partial charge in [-0.3, -0.25) is 0 Å². The van der Waals surface area contributed by atoms with Gasteiger partial charge in [-0.05, 0) is 62.8 Å². The maximum atomic E-state index is 4.37. The van der Waals surface area contributed by atoms with Gasteiger partial charge in [0.25, 0.3) is 0 Å². The number of hydrogen-bond acceptors (Lipinski definition) is 8. The highest BCUT2D eigenvalue weighted by molar-refractivity contribution is 14.2. The Bertz CT molecular complexity index is 707. The fourth-order valence-corrected chi connectivity index (χ4v) is 3.08. The van der Waals surface area contributed by atoms with E-state index in [0.717, 1.165) is 50.0 Å². The Morgan fingerprint density at radius 1 is 0.893 bits per heavy atom. The van der Waals surface area contributed by atoms with Crippen molar-refractivity contribution in [3.8, 4) is 0 Å². The van der Waals surface area contributed by atoms with Crippen molar-refractivity contribution in [2.24, 2.45) is 0 Å². The van der Waals surface area contributed by atoms with E-state index in [-0.39, 0.29) is 0 Å². The molecule has 28 heavy (non-hydrogen) atoms. The second kappa shape index (κ2) is 17.3. The third-order valence-corrected chi connectivity index (χ3v) is 5.28. The zero-order valence-electron chi connectivity index (χ0n) is 16.9. The molecule has 0 aliphatic heterocycles. The van der Waals surface area contributed by atoms with Crippen LogP contribution in [0.1, 0.15) is 25.2 Å². The summed E-state index contributed by atoms with van der Waals surface area (Å²) in [7, 11) is 0. The van der Waals surface area contributed by atoms with Gasteiger partial charge in [0.1, 0.15) is 11.6 Å². The number of nitrogens with one attached hydrogen (secondary N) is 2. The van der Waals surface area contributed by atoms with E-state index in [1.165, 1.54) is 2.43 Å². The van der Waals surface area contributed by atoms with Crippen molar-refractivity contribution in [2.45, 2.75) is 38.0 Å². The number of thioether (sulfide) groups is 2. The maximum absolute atomic E-state index is 4.37. The Morgan fingerprint density at radius 3 is 1.93 bits per heavy atom. The van der Waals surface area contributed by atoms with Gasteiger partial charge in [0.05, 0.1) is 11.7 Å². The van der Waals surface area contributed by atoms with Crippen LogP contribution in [0.4, 0.5) is 11.6 Å². The molecule has 0 aromatic carbocycles. The van der Waals surface area contributed by atoms with Crippen molar-refractivity contribution in [1.82, 2.24) is 19.9 Å². The van der Waals surface area contributed by atoms with Gasteiger partial charge in [-0.1, -0.05) is 68.7 Å². The zero-order valence-corrected chi connectivity index (χ0v) is 25.0. The molecule has 2 N–H and O–H groups in total. The van der Waals surface area contributed by atoms with Crippen LogP contribution in [-0.2, 0) is 0 Å². The summed E-state index contributed by atoms with van der Waals surface area (Å²) in [5, 5.41) is 8.03. The Morgan fingerprint density at radius 2 is 1.43 bits per heavy atom. The van der Waals surface area contributed by atoms with Crippen LogP contribution in [0.5, 0.6) is 0 Å². The summed E-state index contributed by atoms with van der Waals surface area (Å²) in [6.07, 6.45) is 3.96. The van der Waals surface area contributed by atoms with E-state index >= 15 is 0 Å². The highest BCUT2D eigenvalue weighted by atomic mass is 127. The molecule has 0 bridgehead atoms. The molecule has 0 aliphatic rings. The van der Waals surface area contributed by atoms with Gasteiger partial charge in [-0.2, -0.15) is 0 Å². The number of anilines is 2. The van der Waals surface area contributed by atoms with E-state index < -0.39 is 0 Å². The Hall–Kier alpha value is 0.650. The number of hydrogen-bond donors (Lipinski definition) is 2. The third-order valence-electron chi connectivity index (χ3n) is 2.90. The minimum atomic E-state index is 0.825. The second-order valence-electron chi connectivity index (χ2n) is 5.00. The number of nitrogens with zero attached hydrogens (tertiary/aromatic N) is 4. The summed E-state index contributed by atoms with van der Waals surface area (Å²) in [5.74, 6) is 1.86. The lowest BCUT2D eigenvalue weighted by Crippen LogP contribution is -2.05. The number of rotatable bonds is 6. The van der Waals surface area contributed by atoms with Gasteiger partial charge >= 0.3 is 0 Å². The Balaban J connectivity index is 0.000000458. The van der Waals surface area contributed by atoms with Gasteiger partial charge < -0.3 is 10.6 Å². The molecule has 2 aromatic rings. The van der Waals surface area contributed by atoms with Crippen LogP contribution in [0.25, 0.3) is 0 Å². The average Bonchev–Trinajstić information content (AvgIpc) is 2.66. The number of aryl methyl sites for hydroxylation is 2. The van der Waals surface area contributed by atoms with Crippen LogP contribution in [-0.4, -0.2) is 48.0 Å². The number of aromatic nitrogens is 4. The fourth-order valence-electron chi connectivity index (χ4n) is 1.81. The minimum Gasteiger partial charge on any atom is -0.370 e. The maximum Gasteiger partial charge on any atom is 0.189 e. The molecule has 0 fully saturated rings. The van der Waals surface area contributed by atoms with Crippen molar-refractivity contribution in [1.29, 1.82) is 0 Å². The topological polar surface area (TPSA) is 75.6 Å². The van der Waals surface area contributed by atoms with Crippen LogP contribution >= 0.6 is 91.3 Å². The highest BCUT2D eigenvalue weighted by Crippen LogP contribution is 2.21. The molecule has 0 amide bonds. The zero-order chi connectivity index (χ0) is 21.5. The van der Waals surface area contributed by atoms with E-state index in [2.05, 4.69) is 112 Å². The van der Waals surface area contributed by atoms with Crippen LogP contribution < -0.4 is 10.6 Å². The molecule has 0 saturated heterocycles. The average molecular weight is 760 g/mol. The molecule has 0 saturated carbocycles. The molecule has 2 rings (SSSR count). The van der Waals surface area contributed by atoms with E-state index in [4.69, 9.17) is 0 Å². The molecule has 2 aromatic heterocycles. The number of halogens is 3. The quantitative estimate of drug-likeness (QED) is 0.154. The van der Waals surface area contributed by atoms with Crippen molar-refractivity contribution >= 4 is 103 Å². The Kier molecular flexibility index (Phi) is 17.7. The van der Waals surface area contributed by atoms with Crippen LogP contribution in [0.2, 0.25) is 0 Å². The predicted molar refractivity (Wildman–Crippen MR) is 151 cm³/mol. The van der Waals surface area contributed by atoms with Gasteiger partial charge in [-0.25, -0.2) is 19.9 Å². The molecular weight excluding hydrogens is 733 g/mol. The molecule has 0 spiro atoms. The van der Waals surface area contributed by atoms with Gasteiger partial charge in [0, 0.05) is 24.8 Å². The van der Waals surface area contributed by atoms with Crippen molar-refractivity contribution < 1.29 is 0 Å². The smallest absolute Gasteiger partial charge is 0.189 e. The van der Waals surface area contributed by atoms with E-state index in [1.54, 1.807) is 23.5 Å². The first-order valence-corrected chi connectivity index (χ1v) is 15.0. The van der Waals surface area contributed by atoms with Crippen LogP contribution in [0.15, 0.2) is 16.4 Å².